The van der Waals surface area contributed by atoms with Crippen molar-refractivity contribution >= 4 is 41.5 Å². The standard InChI is InChI=1S/C23H36N6O2.HI/c1-23(2,3)19-15-25-20(31-19)16-26-22(27-17-21(30)28(4)5)24-13-10-14-29(6)18-11-8-7-9-12-18;/h7-9,11-12,15H,10,13-14,16-17H2,1-6H3,(H2,24,26,27);1H. The molecule has 8 nitrogen and oxygen atoms in total. The summed E-state index contributed by atoms with van der Waals surface area (Å²) < 4.78 is 5.83. The normalized spacial score (nSPS) is 11.5. The lowest BCUT2D eigenvalue weighted by molar-refractivity contribution is -0.127. The van der Waals surface area contributed by atoms with Gasteiger partial charge in [0.25, 0.3) is 0 Å². The van der Waals surface area contributed by atoms with Crippen molar-refractivity contribution < 1.29 is 9.21 Å². The van der Waals surface area contributed by atoms with E-state index in [1.54, 1.807) is 20.3 Å². The second kappa shape index (κ2) is 13.3. The van der Waals surface area contributed by atoms with E-state index >= 15 is 0 Å². The number of hydrogen-bond donors (Lipinski definition) is 2. The van der Waals surface area contributed by atoms with Crippen molar-refractivity contribution in [3.63, 3.8) is 0 Å². The Balaban J connectivity index is 0.00000512. The molecule has 0 unspecified atom stereocenters. The number of likely N-dealkylation sites (N-methyl/N-ethyl adjacent to an activating group) is 1. The molecule has 1 amide bonds. The van der Waals surface area contributed by atoms with Crippen LogP contribution in [-0.4, -0.2) is 62.5 Å². The average molecular weight is 556 g/mol. The van der Waals surface area contributed by atoms with Gasteiger partial charge in [0.1, 0.15) is 12.3 Å². The minimum atomic E-state index is -0.0939. The highest BCUT2D eigenvalue weighted by Gasteiger charge is 2.19. The van der Waals surface area contributed by atoms with Crippen LogP contribution in [0, 0.1) is 0 Å². The first kappa shape index (κ1) is 27.7. The number of para-hydroxylation sites is 1. The molecule has 0 saturated heterocycles. The number of nitrogens with zero attached hydrogens (tertiary/aromatic N) is 4. The summed E-state index contributed by atoms with van der Waals surface area (Å²) in [6, 6.07) is 10.3. The van der Waals surface area contributed by atoms with Crippen LogP contribution in [-0.2, 0) is 16.8 Å². The van der Waals surface area contributed by atoms with E-state index in [1.165, 1.54) is 10.6 Å². The largest absolute Gasteiger partial charge is 0.443 e. The number of aromatic nitrogens is 1. The zero-order chi connectivity index (χ0) is 22.9. The van der Waals surface area contributed by atoms with E-state index in [2.05, 4.69) is 65.5 Å². The van der Waals surface area contributed by atoms with Gasteiger partial charge in [0.15, 0.2) is 5.96 Å². The molecule has 0 bridgehead atoms. The van der Waals surface area contributed by atoms with Crippen LogP contribution in [0.15, 0.2) is 45.9 Å². The molecule has 0 aliphatic rings. The Morgan fingerprint density at radius 1 is 1.12 bits per heavy atom. The smallest absolute Gasteiger partial charge is 0.243 e. The molecule has 0 atom stereocenters. The summed E-state index contributed by atoms with van der Waals surface area (Å²) in [7, 11) is 5.52. The summed E-state index contributed by atoms with van der Waals surface area (Å²) in [5, 5.41) is 6.51. The van der Waals surface area contributed by atoms with Gasteiger partial charge in [-0.3, -0.25) is 4.79 Å². The summed E-state index contributed by atoms with van der Waals surface area (Å²) in [6.07, 6.45) is 2.68. The number of carbonyl (C=O) groups is 1. The number of carbonyl (C=O) groups excluding carboxylic acids is 1. The topological polar surface area (TPSA) is 86.0 Å². The van der Waals surface area contributed by atoms with Gasteiger partial charge in [-0.05, 0) is 18.6 Å². The van der Waals surface area contributed by atoms with E-state index in [9.17, 15) is 4.79 Å². The third kappa shape index (κ3) is 9.46. The number of aliphatic imine (C=N–C) groups is 1. The highest BCUT2D eigenvalue weighted by Crippen LogP contribution is 2.22. The van der Waals surface area contributed by atoms with Gasteiger partial charge >= 0.3 is 0 Å². The lowest BCUT2D eigenvalue weighted by Crippen LogP contribution is -2.39. The van der Waals surface area contributed by atoms with Crippen molar-refractivity contribution in [2.45, 2.75) is 39.2 Å². The first-order valence-corrected chi connectivity index (χ1v) is 10.6. The van der Waals surface area contributed by atoms with Crippen LogP contribution in [0.25, 0.3) is 0 Å². The Labute approximate surface area is 208 Å². The van der Waals surface area contributed by atoms with Crippen molar-refractivity contribution in [3.05, 3.63) is 48.2 Å². The molecule has 1 aromatic carbocycles. The van der Waals surface area contributed by atoms with Gasteiger partial charge in [-0.15, -0.1) is 24.0 Å². The van der Waals surface area contributed by atoms with E-state index in [0.717, 1.165) is 25.3 Å². The minimum absolute atomic E-state index is 0. The predicted molar refractivity (Wildman–Crippen MR) is 141 cm³/mol. The Bertz CT molecular complexity index is 846. The highest BCUT2D eigenvalue weighted by molar-refractivity contribution is 14.0. The van der Waals surface area contributed by atoms with Crippen molar-refractivity contribution in [2.75, 3.05) is 45.7 Å². The molecule has 0 aliphatic heterocycles. The predicted octanol–water partition coefficient (Wildman–Crippen LogP) is 3.24. The van der Waals surface area contributed by atoms with E-state index < -0.39 is 0 Å². The first-order valence-electron chi connectivity index (χ1n) is 10.6. The SMILES string of the molecule is CN(C)C(=O)CN=C(NCCCN(C)c1ccccc1)NCc1ncc(C(C)(C)C)o1.I. The van der Waals surface area contributed by atoms with Gasteiger partial charge in [0, 0.05) is 45.3 Å². The first-order chi connectivity index (χ1) is 14.7. The van der Waals surface area contributed by atoms with Crippen LogP contribution >= 0.6 is 24.0 Å². The number of guanidine groups is 1. The molecule has 2 N–H and O–H groups in total. The lowest BCUT2D eigenvalue weighted by Gasteiger charge is -2.19. The number of amides is 1. The monoisotopic (exact) mass is 556 g/mol. The van der Waals surface area contributed by atoms with Crippen LogP contribution in [0.1, 0.15) is 38.8 Å². The lowest BCUT2D eigenvalue weighted by atomic mass is 9.94. The van der Waals surface area contributed by atoms with Crippen molar-refractivity contribution in [3.8, 4) is 0 Å². The fourth-order valence-corrected chi connectivity index (χ4v) is 2.70. The van der Waals surface area contributed by atoms with Crippen LogP contribution in [0.2, 0.25) is 0 Å². The summed E-state index contributed by atoms with van der Waals surface area (Å²) in [6.45, 7) is 8.33. The Kier molecular flexibility index (Phi) is 11.5. The number of anilines is 1. The summed E-state index contributed by atoms with van der Waals surface area (Å²) >= 11 is 0. The molecule has 2 aromatic rings. The molecule has 0 saturated carbocycles. The summed E-state index contributed by atoms with van der Waals surface area (Å²) in [5.41, 5.74) is 1.09. The molecule has 32 heavy (non-hydrogen) atoms. The van der Waals surface area contributed by atoms with Crippen LogP contribution in [0.4, 0.5) is 5.69 Å². The molecule has 0 radical (unpaired) electrons. The van der Waals surface area contributed by atoms with Crippen molar-refractivity contribution in [1.82, 2.24) is 20.5 Å². The van der Waals surface area contributed by atoms with E-state index in [0.29, 0.717) is 18.4 Å². The molecule has 9 heteroatoms. The van der Waals surface area contributed by atoms with Gasteiger partial charge in [0.05, 0.1) is 12.7 Å². The maximum atomic E-state index is 11.9. The number of hydrogen-bond acceptors (Lipinski definition) is 5. The fourth-order valence-electron chi connectivity index (χ4n) is 2.70. The average Bonchev–Trinajstić information content (AvgIpc) is 3.22. The minimum Gasteiger partial charge on any atom is -0.443 e. The number of oxazole rings is 1. The van der Waals surface area contributed by atoms with Gasteiger partial charge < -0.3 is 24.9 Å². The van der Waals surface area contributed by atoms with Gasteiger partial charge in [-0.2, -0.15) is 0 Å². The second-order valence-corrected chi connectivity index (χ2v) is 8.71. The fraction of sp³-hybridized carbons (Fsp3) is 0.522. The van der Waals surface area contributed by atoms with Gasteiger partial charge in [-0.1, -0.05) is 39.0 Å². The van der Waals surface area contributed by atoms with Crippen LogP contribution in [0.3, 0.4) is 0 Å². The number of rotatable bonds is 9. The molecular weight excluding hydrogens is 519 g/mol. The molecule has 178 valence electrons. The van der Waals surface area contributed by atoms with Crippen molar-refractivity contribution in [2.24, 2.45) is 4.99 Å². The molecular formula is C23H37IN6O2. The van der Waals surface area contributed by atoms with E-state index in [-0.39, 0.29) is 41.8 Å². The Hall–Kier alpha value is -2.30. The molecule has 0 spiro atoms. The highest BCUT2D eigenvalue weighted by atomic mass is 127. The molecule has 2 rings (SSSR count). The Morgan fingerprint density at radius 3 is 2.41 bits per heavy atom. The van der Waals surface area contributed by atoms with Crippen LogP contribution < -0.4 is 15.5 Å². The van der Waals surface area contributed by atoms with Crippen molar-refractivity contribution in [1.29, 1.82) is 0 Å². The second-order valence-electron chi connectivity index (χ2n) is 8.71. The van der Waals surface area contributed by atoms with E-state index in [4.69, 9.17) is 4.42 Å². The molecule has 1 heterocycles. The molecule has 0 aliphatic carbocycles. The quantitative estimate of drug-likeness (QED) is 0.214. The van der Waals surface area contributed by atoms with Gasteiger partial charge in [0.2, 0.25) is 11.8 Å². The number of nitrogens with one attached hydrogen (secondary N) is 2. The zero-order valence-electron chi connectivity index (χ0n) is 20.0. The van der Waals surface area contributed by atoms with Gasteiger partial charge in [-0.25, -0.2) is 9.98 Å². The number of benzene rings is 1. The maximum absolute atomic E-state index is 11.9. The molecule has 1 aromatic heterocycles. The number of halogens is 1. The maximum Gasteiger partial charge on any atom is 0.243 e. The third-order valence-electron chi connectivity index (χ3n) is 4.73. The molecule has 0 fully saturated rings. The third-order valence-corrected chi connectivity index (χ3v) is 4.73. The van der Waals surface area contributed by atoms with E-state index in [1.807, 2.05) is 18.2 Å². The van der Waals surface area contributed by atoms with Crippen LogP contribution in [0.5, 0.6) is 0 Å². The zero-order valence-corrected chi connectivity index (χ0v) is 22.3. The summed E-state index contributed by atoms with van der Waals surface area (Å²) in [4.78, 5) is 24.4. The Morgan fingerprint density at radius 2 is 1.81 bits per heavy atom. The summed E-state index contributed by atoms with van der Waals surface area (Å²) in [5.74, 6) is 1.92.